The molecule has 7 nitrogen and oxygen atoms in total. The Hall–Kier alpha value is -2.41. The fraction of sp³-hybridized carbons (Fsp3) is 0.550. The standard InChI is InChI=1S/C20H28N4O3/c1-11-8-12(2)21-19(26-7)16(11)10-23(5)20(25)18-15-9-13(3)27-14(4)17(15)22-24(18)6/h8,13-14H,9-10H2,1-7H3/t13-,14+/m1/s1. The first-order valence-electron chi connectivity index (χ1n) is 9.20. The summed E-state index contributed by atoms with van der Waals surface area (Å²) < 4.78 is 13.0. The summed E-state index contributed by atoms with van der Waals surface area (Å²) in [5.41, 5.74) is 5.35. The van der Waals surface area contributed by atoms with E-state index in [-0.39, 0.29) is 18.1 Å². The Labute approximate surface area is 160 Å². The van der Waals surface area contributed by atoms with Crippen molar-refractivity contribution in [2.24, 2.45) is 7.05 Å². The molecule has 1 aliphatic rings. The number of aromatic nitrogens is 3. The van der Waals surface area contributed by atoms with E-state index >= 15 is 0 Å². The first kappa shape index (κ1) is 19.4. The second kappa shape index (κ2) is 7.31. The molecule has 3 rings (SSSR count). The highest BCUT2D eigenvalue weighted by Gasteiger charge is 2.32. The normalized spacial score (nSPS) is 18.9. The largest absolute Gasteiger partial charge is 0.481 e. The summed E-state index contributed by atoms with van der Waals surface area (Å²) in [6.45, 7) is 8.36. The monoisotopic (exact) mass is 372 g/mol. The van der Waals surface area contributed by atoms with Crippen LogP contribution in [0.25, 0.3) is 0 Å². The lowest BCUT2D eigenvalue weighted by Gasteiger charge is -2.25. The SMILES string of the molecule is COc1nc(C)cc(C)c1CN(C)C(=O)c1c2c(nn1C)[C@H](C)O[C@H](C)C2. The van der Waals surface area contributed by atoms with Gasteiger partial charge in [0.15, 0.2) is 0 Å². The quantitative estimate of drug-likeness (QED) is 0.825. The van der Waals surface area contributed by atoms with Crippen molar-refractivity contribution in [1.29, 1.82) is 0 Å². The number of hydrogen-bond acceptors (Lipinski definition) is 5. The zero-order valence-corrected chi connectivity index (χ0v) is 17.2. The number of amides is 1. The van der Waals surface area contributed by atoms with Crippen LogP contribution in [-0.4, -0.2) is 45.8 Å². The lowest BCUT2D eigenvalue weighted by molar-refractivity contribution is -0.00713. The molecule has 0 saturated carbocycles. The molecule has 0 fully saturated rings. The van der Waals surface area contributed by atoms with Gasteiger partial charge in [0, 0.05) is 37.3 Å². The molecule has 0 spiro atoms. The molecule has 2 aromatic heterocycles. The fourth-order valence-electron chi connectivity index (χ4n) is 3.81. The van der Waals surface area contributed by atoms with Crippen LogP contribution in [0.2, 0.25) is 0 Å². The van der Waals surface area contributed by atoms with Gasteiger partial charge >= 0.3 is 0 Å². The molecule has 3 heterocycles. The van der Waals surface area contributed by atoms with E-state index in [1.54, 1.807) is 23.7 Å². The van der Waals surface area contributed by atoms with E-state index in [0.29, 0.717) is 24.5 Å². The molecule has 0 saturated heterocycles. The van der Waals surface area contributed by atoms with Crippen molar-refractivity contribution < 1.29 is 14.3 Å². The van der Waals surface area contributed by atoms with Gasteiger partial charge in [-0.15, -0.1) is 0 Å². The van der Waals surface area contributed by atoms with Crippen molar-refractivity contribution in [3.8, 4) is 5.88 Å². The van der Waals surface area contributed by atoms with E-state index in [1.165, 1.54) is 0 Å². The Bertz CT molecular complexity index is 875. The molecule has 1 aliphatic heterocycles. The van der Waals surface area contributed by atoms with Crippen LogP contribution in [0.3, 0.4) is 0 Å². The van der Waals surface area contributed by atoms with E-state index in [0.717, 1.165) is 28.1 Å². The topological polar surface area (TPSA) is 69.5 Å². The Kier molecular flexibility index (Phi) is 5.24. The van der Waals surface area contributed by atoms with Crippen LogP contribution >= 0.6 is 0 Å². The second-order valence-corrected chi connectivity index (χ2v) is 7.36. The maximum atomic E-state index is 13.3. The first-order valence-corrected chi connectivity index (χ1v) is 9.20. The highest BCUT2D eigenvalue weighted by atomic mass is 16.5. The van der Waals surface area contributed by atoms with Gasteiger partial charge < -0.3 is 14.4 Å². The number of carbonyl (C=O) groups is 1. The average Bonchev–Trinajstić information content (AvgIpc) is 2.92. The van der Waals surface area contributed by atoms with Crippen molar-refractivity contribution in [3.05, 3.63) is 39.8 Å². The maximum Gasteiger partial charge on any atom is 0.272 e. The minimum absolute atomic E-state index is 0.0606. The molecule has 146 valence electrons. The van der Waals surface area contributed by atoms with E-state index < -0.39 is 0 Å². The highest BCUT2D eigenvalue weighted by molar-refractivity contribution is 5.94. The van der Waals surface area contributed by atoms with Crippen molar-refractivity contribution in [1.82, 2.24) is 19.7 Å². The predicted octanol–water partition coefficient (Wildman–Crippen LogP) is 2.73. The molecule has 1 amide bonds. The van der Waals surface area contributed by atoms with Gasteiger partial charge in [-0.05, 0) is 39.3 Å². The highest BCUT2D eigenvalue weighted by Crippen LogP contribution is 2.32. The van der Waals surface area contributed by atoms with Crippen LogP contribution in [0.1, 0.15) is 58.5 Å². The molecule has 27 heavy (non-hydrogen) atoms. The fourth-order valence-corrected chi connectivity index (χ4v) is 3.81. The lowest BCUT2D eigenvalue weighted by Crippen LogP contribution is -2.31. The number of nitrogens with zero attached hydrogens (tertiary/aromatic N) is 4. The van der Waals surface area contributed by atoms with Gasteiger partial charge in [-0.2, -0.15) is 5.10 Å². The summed E-state index contributed by atoms with van der Waals surface area (Å²) in [7, 11) is 5.22. The lowest BCUT2D eigenvalue weighted by atomic mass is 9.99. The van der Waals surface area contributed by atoms with Gasteiger partial charge in [0.25, 0.3) is 5.91 Å². The maximum absolute atomic E-state index is 13.3. The Morgan fingerprint density at radius 1 is 1.41 bits per heavy atom. The molecule has 0 N–H and O–H groups in total. The summed E-state index contributed by atoms with van der Waals surface area (Å²) in [5, 5.41) is 4.55. The molecule has 0 aromatic carbocycles. The predicted molar refractivity (Wildman–Crippen MR) is 102 cm³/mol. The zero-order chi connectivity index (χ0) is 19.9. The van der Waals surface area contributed by atoms with Crippen molar-refractivity contribution in [3.63, 3.8) is 0 Å². The molecule has 0 bridgehead atoms. The molecule has 0 unspecified atom stereocenters. The van der Waals surface area contributed by atoms with E-state index in [2.05, 4.69) is 10.1 Å². The summed E-state index contributed by atoms with van der Waals surface area (Å²) >= 11 is 0. The number of rotatable bonds is 4. The van der Waals surface area contributed by atoms with Gasteiger partial charge in [-0.3, -0.25) is 9.48 Å². The molecule has 2 atom stereocenters. The summed E-state index contributed by atoms with van der Waals surface area (Å²) in [6, 6.07) is 2.00. The summed E-state index contributed by atoms with van der Waals surface area (Å²) in [4.78, 5) is 19.4. The molecule has 0 aliphatic carbocycles. The third-order valence-electron chi connectivity index (χ3n) is 5.06. The Morgan fingerprint density at radius 2 is 2.11 bits per heavy atom. The van der Waals surface area contributed by atoms with E-state index in [1.807, 2.05) is 40.8 Å². The van der Waals surface area contributed by atoms with Gasteiger partial charge in [-0.25, -0.2) is 4.98 Å². The smallest absolute Gasteiger partial charge is 0.272 e. The first-order chi connectivity index (χ1) is 12.7. The minimum Gasteiger partial charge on any atom is -0.481 e. The number of fused-ring (bicyclic) bond motifs is 1. The van der Waals surface area contributed by atoms with Crippen LogP contribution in [0, 0.1) is 13.8 Å². The van der Waals surface area contributed by atoms with Crippen LogP contribution in [0.4, 0.5) is 0 Å². The second-order valence-electron chi connectivity index (χ2n) is 7.36. The number of aryl methyl sites for hydroxylation is 3. The molecule has 2 aromatic rings. The summed E-state index contributed by atoms with van der Waals surface area (Å²) in [5.74, 6) is 0.504. The number of methoxy groups -OCH3 is 1. The number of ether oxygens (including phenoxy) is 2. The Morgan fingerprint density at radius 3 is 2.78 bits per heavy atom. The van der Waals surface area contributed by atoms with Gasteiger partial charge in [0.2, 0.25) is 5.88 Å². The van der Waals surface area contributed by atoms with Crippen LogP contribution < -0.4 is 4.74 Å². The molecule has 7 heteroatoms. The van der Waals surface area contributed by atoms with E-state index in [9.17, 15) is 4.79 Å². The van der Waals surface area contributed by atoms with Crippen molar-refractivity contribution in [2.45, 2.75) is 52.9 Å². The van der Waals surface area contributed by atoms with Crippen molar-refractivity contribution in [2.75, 3.05) is 14.2 Å². The van der Waals surface area contributed by atoms with Gasteiger partial charge in [0.05, 0.1) is 31.6 Å². The Balaban J connectivity index is 1.92. The minimum atomic E-state index is -0.106. The van der Waals surface area contributed by atoms with E-state index in [4.69, 9.17) is 9.47 Å². The van der Waals surface area contributed by atoms with Crippen molar-refractivity contribution >= 4 is 5.91 Å². The van der Waals surface area contributed by atoms with Crippen LogP contribution in [0.5, 0.6) is 5.88 Å². The number of pyridine rings is 1. The zero-order valence-electron chi connectivity index (χ0n) is 17.2. The molecule has 0 radical (unpaired) electrons. The third-order valence-corrected chi connectivity index (χ3v) is 5.06. The number of hydrogen-bond donors (Lipinski definition) is 0. The molecular weight excluding hydrogens is 344 g/mol. The van der Waals surface area contributed by atoms with Gasteiger partial charge in [-0.1, -0.05) is 0 Å². The number of carbonyl (C=O) groups excluding carboxylic acids is 1. The summed E-state index contributed by atoms with van der Waals surface area (Å²) in [6.07, 6.45) is 0.652. The molecular formula is C20H28N4O3. The van der Waals surface area contributed by atoms with Crippen LogP contribution in [0.15, 0.2) is 6.07 Å². The van der Waals surface area contributed by atoms with Gasteiger partial charge in [0.1, 0.15) is 5.69 Å². The van der Waals surface area contributed by atoms with Crippen LogP contribution in [-0.2, 0) is 24.8 Å². The third kappa shape index (κ3) is 3.56. The average molecular weight is 372 g/mol.